The molecule has 5 heteroatoms. The maximum absolute atomic E-state index is 12.1. The third-order valence-corrected chi connectivity index (χ3v) is 3.13. The van der Waals surface area contributed by atoms with E-state index >= 15 is 0 Å². The Morgan fingerprint density at radius 1 is 1.37 bits per heavy atom. The van der Waals surface area contributed by atoms with Gasteiger partial charge in [0.1, 0.15) is 11.2 Å². The predicted octanol–water partition coefficient (Wildman–Crippen LogP) is 1.84. The number of hydrogen-bond acceptors (Lipinski definition) is 3. The molecule has 0 saturated heterocycles. The molecule has 5 nitrogen and oxygen atoms in total. The lowest BCUT2D eigenvalue weighted by molar-refractivity contribution is -0.141. The second-order valence-corrected chi connectivity index (χ2v) is 5.17. The van der Waals surface area contributed by atoms with E-state index in [0.29, 0.717) is 5.76 Å². The molecule has 0 aliphatic rings. The molecule has 1 rings (SSSR count). The van der Waals surface area contributed by atoms with Gasteiger partial charge in [0.2, 0.25) is 11.8 Å². The Balaban J connectivity index is 2.55. The summed E-state index contributed by atoms with van der Waals surface area (Å²) in [5, 5.41) is 5.52. The van der Waals surface area contributed by atoms with Crippen LogP contribution >= 0.6 is 0 Å². The zero-order valence-corrected chi connectivity index (χ0v) is 11.9. The molecule has 0 aliphatic heterocycles. The molecule has 0 bridgehead atoms. The first-order valence-electron chi connectivity index (χ1n) is 6.49. The van der Waals surface area contributed by atoms with E-state index in [1.54, 1.807) is 32.2 Å². The number of hydrogen-bond donors (Lipinski definition) is 2. The van der Waals surface area contributed by atoms with Gasteiger partial charge in [-0.2, -0.15) is 0 Å². The number of carbonyl (C=O) groups excluding carboxylic acids is 2. The molecule has 2 amide bonds. The molecule has 0 saturated carbocycles. The van der Waals surface area contributed by atoms with E-state index in [1.807, 2.05) is 13.8 Å². The Labute approximate surface area is 113 Å². The highest BCUT2D eigenvalue weighted by molar-refractivity contribution is 6.04. The third kappa shape index (κ3) is 4.12. The average molecular weight is 266 g/mol. The molecule has 0 radical (unpaired) electrons. The summed E-state index contributed by atoms with van der Waals surface area (Å²) < 4.78 is 5.12. The van der Waals surface area contributed by atoms with Crippen LogP contribution < -0.4 is 10.6 Å². The summed E-state index contributed by atoms with van der Waals surface area (Å²) in [5.41, 5.74) is -1.10. The fourth-order valence-corrected chi connectivity index (χ4v) is 1.41. The highest BCUT2D eigenvalue weighted by Gasteiger charge is 2.36. The second-order valence-electron chi connectivity index (χ2n) is 5.17. The van der Waals surface area contributed by atoms with Crippen LogP contribution in [0.15, 0.2) is 22.8 Å². The van der Waals surface area contributed by atoms with Crippen molar-refractivity contribution >= 4 is 11.8 Å². The molecule has 1 unspecified atom stereocenters. The van der Waals surface area contributed by atoms with Crippen molar-refractivity contribution in [2.24, 2.45) is 5.41 Å². The molecule has 2 N–H and O–H groups in total. The lowest BCUT2D eigenvalue weighted by Crippen LogP contribution is -2.49. The molecule has 1 aromatic rings. The Bertz CT molecular complexity index is 424. The van der Waals surface area contributed by atoms with Crippen LogP contribution in [0.1, 0.15) is 39.9 Å². The van der Waals surface area contributed by atoms with Gasteiger partial charge in [-0.1, -0.05) is 6.92 Å². The van der Waals surface area contributed by atoms with Crippen molar-refractivity contribution < 1.29 is 14.0 Å². The SMILES string of the molecule is CCC(C)NC(=O)C(C)(C)C(=O)NCc1ccco1. The summed E-state index contributed by atoms with van der Waals surface area (Å²) in [6.07, 6.45) is 2.37. The van der Waals surface area contributed by atoms with Crippen LogP contribution in [0.3, 0.4) is 0 Å². The van der Waals surface area contributed by atoms with Gasteiger partial charge in [-0.05, 0) is 39.3 Å². The minimum atomic E-state index is -1.10. The normalized spacial score (nSPS) is 12.8. The Hall–Kier alpha value is -1.78. The van der Waals surface area contributed by atoms with Gasteiger partial charge in [0, 0.05) is 6.04 Å². The second kappa shape index (κ2) is 6.41. The molecule has 0 fully saturated rings. The summed E-state index contributed by atoms with van der Waals surface area (Å²) >= 11 is 0. The fraction of sp³-hybridized carbons (Fsp3) is 0.571. The molecule has 1 atom stereocenters. The Morgan fingerprint density at radius 3 is 2.58 bits per heavy atom. The predicted molar refractivity (Wildman–Crippen MR) is 72.2 cm³/mol. The topological polar surface area (TPSA) is 71.3 Å². The molecule has 0 spiro atoms. The number of rotatable bonds is 6. The summed E-state index contributed by atoms with van der Waals surface area (Å²) in [5.74, 6) is 0.0787. The number of amides is 2. The number of furan rings is 1. The van der Waals surface area contributed by atoms with Gasteiger partial charge < -0.3 is 15.1 Å². The van der Waals surface area contributed by atoms with Crippen LogP contribution in [0.5, 0.6) is 0 Å². The quantitative estimate of drug-likeness (QED) is 0.772. The fourth-order valence-electron chi connectivity index (χ4n) is 1.41. The van der Waals surface area contributed by atoms with Crippen molar-refractivity contribution in [2.45, 2.75) is 46.7 Å². The van der Waals surface area contributed by atoms with E-state index in [-0.39, 0.29) is 24.4 Å². The Morgan fingerprint density at radius 2 is 2.05 bits per heavy atom. The minimum absolute atomic E-state index is 0.0599. The standard InChI is InChI=1S/C14H22N2O3/c1-5-10(2)16-13(18)14(3,4)12(17)15-9-11-7-6-8-19-11/h6-8,10H,5,9H2,1-4H3,(H,15,17)(H,16,18). The molecule has 0 aromatic carbocycles. The van der Waals surface area contributed by atoms with Crippen molar-refractivity contribution in [3.63, 3.8) is 0 Å². The van der Waals surface area contributed by atoms with Crippen molar-refractivity contribution in [3.05, 3.63) is 24.2 Å². The van der Waals surface area contributed by atoms with Gasteiger partial charge in [0.05, 0.1) is 12.8 Å². The summed E-state index contributed by atoms with van der Waals surface area (Å²) in [7, 11) is 0. The van der Waals surface area contributed by atoms with Gasteiger partial charge in [0.15, 0.2) is 0 Å². The molecule has 1 heterocycles. The number of nitrogens with one attached hydrogen (secondary N) is 2. The molecular formula is C14H22N2O3. The van der Waals surface area contributed by atoms with E-state index in [0.717, 1.165) is 6.42 Å². The lowest BCUT2D eigenvalue weighted by atomic mass is 9.90. The van der Waals surface area contributed by atoms with Crippen LogP contribution in [0, 0.1) is 5.41 Å². The highest BCUT2D eigenvalue weighted by Crippen LogP contribution is 2.16. The molecular weight excluding hydrogens is 244 g/mol. The van der Waals surface area contributed by atoms with Crippen LogP contribution in [-0.2, 0) is 16.1 Å². The zero-order valence-electron chi connectivity index (χ0n) is 11.9. The first kappa shape index (κ1) is 15.3. The van der Waals surface area contributed by atoms with Crippen molar-refractivity contribution in [2.75, 3.05) is 0 Å². The van der Waals surface area contributed by atoms with Gasteiger partial charge in [0.25, 0.3) is 0 Å². The van der Waals surface area contributed by atoms with Gasteiger partial charge in [-0.3, -0.25) is 9.59 Å². The smallest absolute Gasteiger partial charge is 0.235 e. The van der Waals surface area contributed by atoms with Crippen LogP contribution in [0.2, 0.25) is 0 Å². The summed E-state index contributed by atoms with van der Waals surface area (Å²) in [6.45, 7) is 7.40. The summed E-state index contributed by atoms with van der Waals surface area (Å²) in [6, 6.07) is 3.58. The van der Waals surface area contributed by atoms with Crippen molar-refractivity contribution in [1.29, 1.82) is 0 Å². The van der Waals surface area contributed by atoms with Crippen LogP contribution in [0.4, 0.5) is 0 Å². The minimum Gasteiger partial charge on any atom is -0.467 e. The molecule has 1 aromatic heterocycles. The van der Waals surface area contributed by atoms with Crippen molar-refractivity contribution in [3.8, 4) is 0 Å². The van der Waals surface area contributed by atoms with E-state index in [2.05, 4.69) is 10.6 Å². The van der Waals surface area contributed by atoms with E-state index < -0.39 is 5.41 Å². The van der Waals surface area contributed by atoms with E-state index in [4.69, 9.17) is 4.42 Å². The summed E-state index contributed by atoms with van der Waals surface area (Å²) in [4.78, 5) is 24.1. The highest BCUT2D eigenvalue weighted by atomic mass is 16.3. The lowest BCUT2D eigenvalue weighted by Gasteiger charge is -2.24. The van der Waals surface area contributed by atoms with Gasteiger partial charge in [-0.25, -0.2) is 0 Å². The van der Waals surface area contributed by atoms with Crippen molar-refractivity contribution in [1.82, 2.24) is 10.6 Å². The van der Waals surface area contributed by atoms with Crippen LogP contribution in [-0.4, -0.2) is 17.9 Å². The number of carbonyl (C=O) groups is 2. The zero-order chi connectivity index (χ0) is 14.5. The van der Waals surface area contributed by atoms with Gasteiger partial charge >= 0.3 is 0 Å². The van der Waals surface area contributed by atoms with Crippen LogP contribution in [0.25, 0.3) is 0 Å². The van der Waals surface area contributed by atoms with E-state index in [1.165, 1.54) is 0 Å². The first-order chi connectivity index (χ1) is 8.87. The average Bonchev–Trinajstić information content (AvgIpc) is 2.88. The first-order valence-corrected chi connectivity index (χ1v) is 6.49. The molecule has 0 aliphatic carbocycles. The maximum Gasteiger partial charge on any atom is 0.235 e. The Kier molecular flexibility index (Phi) is 5.15. The van der Waals surface area contributed by atoms with Gasteiger partial charge in [-0.15, -0.1) is 0 Å². The third-order valence-electron chi connectivity index (χ3n) is 3.13. The molecule has 19 heavy (non-hydrogen) atoms. The monoisotopic (exact) mass is 266 g/mol. The largest absolute Gasteiger partial charge is 0.467 e. The molecule has 106 valence electrons. The maximum atomic E-state index is 12.1. The van der Waals surface area contributed by atoms with E-state index in [9.17, 15) is 9.59 Å².